The molecule has 0 aliphatic carbocycles. The quantitative estimate of drug-likeness (QED) is 0.566. The number of nitrogens with one attached hydrogen (secondary N) is 1. The topological polar surface area (TPSA) is 29.1 Å². The minimum Gasteiger partial charge on any atom is -0.352 e. The van der Waals surface area contributed by atoms with Gasteiger partial charge < -0.3 is 5.32 Å². The van der Waals surface area contributed by atoms with Crippen LogP contribution in [0.25, 0.3) is 0 Å². The van der Waals surface area contributed by atoms with Crippen LogP contribution >= 0.6 is 47.8 Å². The van der Waals surface area contributed by atoms with Crippen LogP contribution in [0.2, 0.25) is 0 Å². The van der Waals surface area contributed by atoms with Crippen LogP contribution in [-0.4, -0.2) is 17.8 Å². The van der Waals surface area contributed by atoms with E-state index >= 15 is 0 Å². The smallest absolute Gasteiger partial charge is 0.252 e. The minimum absolute atomic E-state index is 0.0185. The van der Waals surface area contributed by atoms with E-state index in [2.05, 4.69) is 60.0 Å². The van der Waals surface area contributed by atoms with Gasteiger partial charge in [-0.3, -0.25) is 4.79 Å². The number of halogens is 3. The van der Waals surface area contributed by atoms with Gasteiger partial charge in [-0.25, -0.2) is 0 Å². The highest BCUT2D eigenvalue weighted by atomic mass is 79.9. The van der Waals surface area contributed by atoms with Gasteiger partial charge >= 0.3 is 0 Å². The Bertz CT molecular complexity index is 417. The molecule has 0 aromatic heterocycles. The lowest BCUT2D eigenvalue weighted by molar-refractivity contribution is 0.0945. The zero-order chi connectivity index (χ0) is 14.3. The Hall–Kier alpha value is 0.130. The highest BCUT2D eigenvalue weighted by Gasteiger charge is 2.13. The lowest BCUT2D eigenvalue weighted by Crippen LogP contribution is -2.29. The molecule has 1 aromatic rings. The van der Waals surface area contributed by atoms with Crippen molar-refractivity contribution < 1.29 is 4.79 Å². The van der Waals surface area contributed by atoms with Crippen LogP contribution in [0.4, 0.5) is 0 Å². The second-order valence-corrected chi connectivity index (χ2v) is 7.03. The van der Waals surface area contributed by atoms with Crippen molar-refractivity contribution >= 4 is 53.7 Å². The van der Waals surface area contributed by atoms with E-state index in [9.17, 15) is 4.79 Å². The van der Waals surface area contributed by atoms with Crippen LogP contribution in [0.15, 0.2) is 27.1 Å². The SMILES string of the molecule is CCCC(CCBr)CNC(=O)c1ccc(Br)cc1Br. The van der Waals surface area contributed by atoms with Crippen molar-refractivity contribution in [3.05, 3.63) is 32.7 Å². The molecule has 0 bridgehead atoms. The summed E-state index contributed by atoms with van der Waals surface area (Å²) in [6.45, 7) is 2.91. The minimum atomic E-state index is -0.0185. The van der Waals surface area contributed by atoms with Gasteiger partial charge in [0.2, 0.25) is 0 Å². The lowest BCUT2D eigenvalue weighted by Gasteiger charge is -2.16. The molecule has 1 aromatic carbocycles. The van der Waals surface area contributed by atoms with E-state index in [1.807, 2.05) is 18.2 Å². The van der Waals surface area contributed by atoms with E-state index in [1.165, 1.54) is 0 Å². The van der Waals surface area contributed by atoms with Crippen LogP contribution in [0.3, 0.4) is 0 Å². The molecule has 0 fully saturated rings. The highest BCUT2D eigenvalue weighted by molar-refractivity contribution is 9.11. The van der Waals surface area contributed by atoms with E-state index < -0.39 is 0 Å². The molecular weight excluding hydrogens is 438 g/mol. The summed E-state index contributed by atoms with van der Waals surface area (Å²) in [5.41, 5.74) is 0.678. The summed E-state index contributed by atoms with van der Waals surface area (Å²) in [5, 5.41) is 4.01. The fraction of sp³-hybridized carbons (Fsp3) is 0.500. The van der Waals surface area contributed by atoms with Gasteiger partial charge in [0.05, 0.1) is 5.56 Å². The van der Waals surface area contributed by atoms with Crippen molar-refractivity contribution in [3.63, 3.8) is 0 Å². The molecule has 5 heteroatoms. The largest absolute Gasteiger partial charge is 0.352 e. The maximum absolute atomic E-state index is 12.1. The summed E-state index contributed by atoms with van der Waals surface area (Å²) >= 11 is 10.3. The number of carbonyl (C=O) groups is 1. The molecule has 0 aliphatic heterocycles. The van der Waals surface area contributed by atoms with Crippen molar-refractivity contribution in [2.45, 2.75) is 26.2 Å². The first-order valence-electron chi connectivity index (χ1n) is 6.37. The number of hydrogen-bond acceptors (Lipinski definition) is 1. The molecule has 1 rings (SSSR count). The molecule has 106 valence electrons. The molecule has 0 spiro atoms. The Morgan fingerprint density at radius 2 is 2.05 bits per heavy atom. The van der Waals surface area contributed by atoms with E-state index in [4.69, 9.17) is 0 Å². The van der Waals surface area contributed by atoms with Gasteiger partial charge in [-0.05, 0) is 52.9 Å². The molecule has 1 N–H and O–H groups in total. The van der Waals surface area contributed by atoms with Crippen LogP contribution in [0, 0.1) is 5.92 Å². The average molecular weight is 456 g/mol. The fourth-order valence-corrected chi connectivity index (χ4v) is 3.79. The van der Waals surface area contributed by atoms with E-state index in [1.54, 1.807) is 0 Å². The van der Waals surface area contributed by atoms with E-state index in [-0.39, 0.29) is 5.91 Å². The number of benzene rings is 1. The number of carbonyl (C=O) groups excluding carboxylic acids is 1. The summed E-state index contributed by atoms with van der Waals surface area (Å²) in [6, 6.07) is 5.58. The van der Waals surface area contributed by atoms with Crippen LogP contribution in [-0.2, 0) is 0 Å². The molecular formula is C14H18Br3NO. The third-order valence-electron chi connectivity index (χ3n) is 2.94. The predicted molar refractivity (Wildman–Crippen MR) is 91.0 cm³/mol. The van der Waals surface area contributed by atoms with Gasteiger partial charge in [0.15, 0.2) is 0 Å². The monoisotopic (exact) mass is 453 g/mol. The lowest BCUT2D eigenvalue weighted by atomic mass is 10.0. The van der Waals surface area contributed by atoms with E-state index in [0.717, 1.165) is 40.1 Å². The van der Waals surface area contributed by atoms with Gasteiger partial charge in [-0.15, -0.1) is 0 Å². The Labute approximate surface area is 140 Å². The zero-order valence-corrected chi connectivity index (χ0v) is 15.6. The third-order valence-corrected chi connectivity index (χ3v) is 4.55. The van der Waals surface area contributed by atoms with Gasteiger partial charge in [0, 0.05) is 20.8 Å². The molecule has 0 aliphatic rings. The first-order valence-corrected chi connectivity index (χ1v) is 9.08. The molecule has 0 saturated carbocycles. The number of amides is 1. The molecule has 19 heavy (non-hydrogen) atoms. The number of rotatable bonds is 7. The molecule has 1 amide bonds. The Morgan fingerprint density at radius 3 is 2.63 bits per heavy atom. The summed E-state index contributed by atoms with van der Waals surface area (Å²) in [7, 11) is 0. The Balaban J connectivity index is 2.58. The van der Waals surface area contributed by atoms with Crippen molar-refractivity contribution in [3.8, 4) is 0 Å². The summed E-state index contributed by atoms with van der Waals surface area (Å²) in [6.07, 6.45) is 3.39. The van der Waals surface area contributed by atoms with Crippen molar-refractivity contribution in [2.75, 3.05) is 11.9 Å². The van der Waals surface area contributed by atoms with Crippen molar-refractivity contribution in [1.82, 2.24) is 5.32 Å². The van der Waals surface area contributed by atoms with Crippen LogP contribution in [0.5, 0.6) is 0 Å². The molecule has 0 saturated heterocycles. The molecule has 1 atom stereocenters. The van der Waals surface area contributed by atoms with E-state index in [0.29, 0.717) is 11.5 Å². The maximum atomic E-state index is 12.1. The molecule has 1 unspecified atom stereocenters. The molecule has 0 heterocycles. The normalized spacial score (nSPS) is 12.2. The summed E-state index contributed by atoms with van der Waals surface area (Å²) in [5.74, 6) is 0.526. The van der Waals surface area contributed by atoms with Crippen LogP contribution < -0.4 is 5.32 Å². The van der Waals surface area contributed by atoms with Gasteiger partial charge in [-0.1, -0.05) is 45.2 Å². The number of alkyl halides is 1. The van der Waals surface area contributed by atoms with Gasteiger partial charge in [0.25, 0.3) is 5.91 Å². The zero-order valence-electron chi connectivity index (χ0n) is 10.9. The second kappa shape index (κ2) is 9.14. The fourth-order valence-electron chi connectivity index (χ4n) is 1.92. The third kappa shape index (κ3) is 5.96. The summed E-state index contributed by atoms with van der Waals surface area (Å²) < 4.78 is 1.77. The van der Waals surface area contributed by atoms with Crippen LogP contribution in [0.1, 0.15) is 36.5 Å². The molecule has 0 radical (unpaired) electrons. The highest BCUT2D eigenvalue weighted by Crippen LogP contribution is 2.22. The first kappa shape index (κ1) is 17.2. The van der Waals surface area contributed by atoms with Crippen molar-refractivity contribution in [1.29, 1.82) is 0 Å². The summed E-state index contributed by atoms with van der Waals surface area (Å²) in [4.78, 5) is 12.1. The Morgan fingerprint density at radius 1 is 1.32 bits per heavy atom. The Kier molecular flexibility index (Phi) is 8.26. The predicted octanol–water partition coefficient (Wildman–Crippen LogP) is 5.14. The average Bonchev–Trinajstić information content (AvgIpc) is 2.36. The second-order valence-electron chi connectivity index (χ2n) is 4.47. The maximum Gasteiger partial charge on any atom is 0.252 e. The standard InChI is InChI=1S/C14H18Br3NO/c1-2-3-10(6-7-15)9-18-14(19)12-5-4-11(16)8-13(12)17/h4-5,8,10H,2-3,6-7,9H2,1H3,(H,18,19). The van der Waals surface area contributed by atoms with Crippen molar-refractivity contribution in [2.24, 2.45) is 5.92 Å². The molecule has 2 nitrogen and oxygen atoms in total. The first-order chi connectivity index (χ1) is 9.08. The van der Waals surface area contributed by atoms with Gasteiger partial charge in [-0.2, -0.15) is 0 Å². The number of hydrogen-bond donors (Lipinski definition) is 1. The van der Waals surface area contributed by atoms with Gasteiger partial charge in [0.1, 0.15) is 0 Å².